The highest BCUT2D eigenvalue weighted by Gasteiger charge is 2.25. The number of aromatic nitrogens is 2. The molecule has 1 aromatic rings. The Balaban J connectivity index is 2.08. The minimum absolute atomic E-state index is 0.542. The van der Waals surface area contributed by atoms with E-state index in [1.165, 1.54) is 25.0 Å². The van der Waals surface area contributed by atoms with Gasteiger partial charge in [0.2, 0.25) is 0 Å². The Morgan fingerprint density at radius 1 is 1.38 bits per heavy atom. The summed E-state index contributed by atoms with van der Waals surface area (Å²) >= 11 is 6.46. The van der Waals surface area contributed by atoms with Gasteiger partial charge < -0.3 is 5.32 Å². The van der Waals surface area contributed by atoms with Crippen molar-refractivity contribution in [2.24, 2.45) is 0 Å². The van der Waals surface area contributed by atoms with Crippen LogP contribution < -0.4 is 5.32 Å². The summed E-state index contributed by atoms with van der Waals surface area (Å²) in [6.07, 6.45) is 3.90. The van der Waals surface area contributed by atoms with Crippen molar-refractivity contribution >= 4 is 11.6 Å². The van der Waals surface area contributed by atoms with Crippen molar-refractivity contribution in [1.29, 1.82) is 0 Å². The number of nitrogens with one attached hydrogen (secondary N) is 1. The van der Waals surface area contributed by atoms with Gasteiger partial charge in [-0.1, -0.05) is 31.9 Å². The second-order valence-electron chi connectivity index (χ2n) is 6.34. The lowest BCUT2D eigenvalue weighted by atomic mass is 10.0. The number of likely N-dealkylation sites (tertiary alicyclic amines) is 1. The minimum Gasteiger partial charge on any atom is -0.313 e. The highest BCUT2D eigenvalue weighted by atomic mass is 35.5. The van der Waals surface area contributed by atoms with E-state index in [1.807, 2.05) is 6.92 Å². The van der Waals surface area contributed by atoms with Crippen LogP contribution in [0.5, 0.6) is 0 Å². The standard InChI is InChI=1S/C16H29ClN4/c1-5-21-15(16(17)13(4)19-21)11-20-9-7-6-8-14(20)10-18-12(2)3/h12,14,18H,5-11H2,1-4H3. The van der Waals surface area contributed by atoms with Gasteiger partial charge in [-0.05, 0) is 33.2 Å². The molecule has 1 unspecified atom stereocenters. The molecule has 1 aliphatic rings. The van der Waals surface area contributed by atoms with E-state index in [1.54, 1.807) is 0 Å². The molecule has 2 heterocycles. The summed E-state index contributed by atoms with van der Waals surface area (Å²) in [5.41, 5.74) is 2.12. The zero-order valence-electron chi connectivity index (χ0n) is 13.8. The van der Waals surface area contributed by atoms with Crippen LogP contribution in [0.15, 0.2) is 0 Å². The number of halogens is 1. The van der Waals surface area contributed by atoms with Crippen LogP contribution in [0.4, 0.5) is 0 Å². The van der Waals surface area contributed by atoms with Gasteiger partial charge >= 0.3 is 0 Å². The molecule has 1 fully saturated rings. The summed E-state index contributed by atoms with van der Waals surface area (Å²) in [6, 6.07) is 1.15. The predicted octanol–water partition coefficient (Wildman–Crippen LogP) is 3.22. The van der Waals surface area contributed by atoms with E-state index in [0.29, 0.717) is 12.1 Å². The van der Waals surface area contributed by atoms with E-state index in [9.17, 15) is 0 Å². The number of piperidine rings is 1. The number of hydrogen-bond acceptors (Lipinski definition) is 3. The van der Waals surface area contributed by atoms with Crippen molar-refractivity contribution in [2.45, 2.75) is 72.1 Å². The molecule has 4 nitrogen and oxygen atoms in total. The van der Waals surface area contributed by atoms with Crippen molar-refractivity contribution in [3.05, 3.63) is 16.4 Å². The fourth-order valence-electron chi connectivity index (χ4n) is 3.08. The van der Waals surface area contributed by atoms with Gasteiger partial charge in [0.1, 0.15) is 0 Å². The quantitative estimate of drug-likeness (QED) is 0.875. The summed E-state index contributed by atoms with van der Waals surface area (Å²) in [7, 11) is 0. The number of nitrogens with zero attached hydrogens (tertiary/aromatic N) is 3. The second-order valence-corrected chi connectivity index (χ2v) is 6.72. The summed E-state index contributed by atoms with van der Waals surface area (Å²) in [5, 5.41) is 8.96. The predicted molar refractivity (Wildman–Crippen MR) is 88.8 cm³/mol. The molecule has 1 aromatic heterocycles. The Morgan fingerprint density at radius 3 is 2.81 bits per heavy atom. The molecule has 5 heteroatoms. The maximum Gasteiger partial charge on any atom is 0.0860 e. The van der Waals surface area contributed by atoms with Gasteiger partial charge in [-0.25, -0.2) is 0 Å². The van der Waals surface area contributed by atoms with Gasteiger partial charge in [0.15, 0.2) is 0 Å². The van der Waals surface area contributed by atoms with Crippen molar-refractivity contribution in [1.82, 2.24) is 20.0 Å². The Kier molecular flexibility index (Phi) is 6.08. The molecule has 0 radical (unpaired) electrons. The lowest BCUT2D eigenvalue weighted by molar-refractivity contribution is 0.132. The lowest BCUT2D eigenvalue weighted by Crippen LogP contribution is -2.46. The Labute approximate surface area is 133 Å². The summed E-state index contributed by atoms with van der Waals surface area (Å²) in [4.78, 5) is 2.58. The Hall–Kier alpha value is -0.580. The van der Waals surface area contributed by atoms with Gasteiger partial charge in [-0.15, -0.1) is 0 Å². The monoisotopic (exact) mass is 312 g/mol. The molecule has 2 rings (SSSR count). The van der Waals surface area contributed by atoms with Gasteiger partial charge in [0, 0.05) is 31.7 Å². The van der Waals surface area contributed by atoms with E-state index in [4.69, 9.17) is 11.6 Å². The fraction of sp³-hybridized carbons (Fsp3) is 0.812. The van der Waals surface area contributed by atoms with Gasteiger partial charge in [0.05, 0.1) is 16.4 Å². The molecule has 1 N–H and O–H groups in total. The highest BCUT2D eigenvalue weighted by Crippen LogP contribution is 2.25. The molecule has 0 saturated carbocycles. The van der Waals surface area contributed by atoms with E-state index < -0.39 is 0 Å². The van der Waals surface area contributed by atoms with Crippen molar-refractivity contribution in [3.8, 4) is 0 Å². The fourth-order valence-corrected chi connectivity index (χ4v) is 3.28. The smallest absolute Gasteiger partial charge is 0.0860 e. The molecule has 1 atom stereocenters. The summed E-state index contributed by atoms with van der Waals surface area (Å²) in [5.74, 6) is 0. The number of hydrogen-bond donors (Lipinski definition) is 1. The molecular formula is C16H29ClN4. The lowest BCUT2D eigenvalue weighted by Gasteiger charge is -2.36. The number of aryl methyl sites for hydroxylation is 2. The highest BCUT2D eigenvalue weighted by molar-refractivity contribution is 6.31. The zero-order chi connectivity index (χ0) is 15.4. The summed E-state index contributed by atoms with van der Waals surface area (Å²) < 4.78 is 2.05. The second kappa shape index (κ2) is 7.61. The van der Waals surface area contributed by atoms with E-state index in [2.05, 4.69) is 40.8 Å². The largest absolute Gasteiger partial charge is 0.313 e. The first-order valence-corrected chi connectivity index (χ1v) is 8.60. The SMILES string of the molecule is CCn1nc(C)c(Cl)c1CN1CCCCC1CNC(C)C. The molecule has 0 spiro atoms. The molecule has 120 valence electrons. The minimum atomic E-state index is 0.542. The number of rotatable bonds is 6. The maximum absolute atomic E-state index is 6.46. The van der Waals surface area contributed by atoms with E-state index in [-0.39, 0.29) is 0 Å². The topological polar surface area (TPSA) is 33.1 Å². The molecule has 0 aromatic carbocycles. The van der Waals surface area contributed by atoms with Crippen molar-refractivity contribution < 1.29 is 0 Å². The third-order valence-corrected chi connectivity index (χ3v) is 4.81. The third-order valence-electron chi connectivity index (χ3n) is 4.32. The zero-order valence-corrected chi connectivity index (χ0v) is 14.6. The van der Waals surface area contributed by atoms with Crippen LogP contribution >= 0.6 is 11.6 Å². The van der Waals surface area contributed by atoms with Crippen molar-refractivity contribution in [3.63, 3.8) is 0 Å². The van der Waals surface area contributed by atoms with Crippen molar-refractivity contribution in [2.75, 3.05) is 13.1 Å². The average molecular weight is 313 g/mol. The summed E-state index contributed by atoms with van der Waals surface area (Å²) in [6.45, 7) is 12.6. The normalized spacial score (nSPS) is 20.4. The van der Waals surface area contributed by atoms with Crippen LogP contribution in [0.1, 0.15) is 51.4 Å². The molecule has 0 aliphatic carbocycles. The van der Waals surface area contributed by atoms with Crippen LogP contribution in [0.2, 0.25) is 5.02 Å². The van der Waals surface area contributed by atoms with Crippen LogP contribution in [-0.4, -0.2) is 39.9 Å². The first-order chi connectivity index (χ1) is 10.0. The first kappa shape index (κ1) is 16.8. The van der Waals surface area contributed by atoms with Gasteiger partial charge in [-0.3, -0.25) is 9.58 Å². The van der Waals surface area contributed by atoms with Crippen LogP contribution in [0.3, 0.4) is 0 Å². The van der Waals surface area contributed by atoms with E-state index >= 15 is 0 Å². The molecule has 21 heavy (non-hydrogen) atoms. The van der Waals surface area contributed by atoms with Gasteiger partial charge in [-0.2, -0.15) is 5.10 Å². The maximum atomic E-state index is 6.46. The average Bonchev–Trinajstić information content (AvgIpc) is 2.74. The Bertz CT molecular complexity index is 455. The third kappa shape index (κ3) is 4.21. The van der Waals surface area contributed by atoms with Gasteiger partial charge in [0.25, 0.3) is 0 Å². The molecule has 0 bridgehead atoms. The van der Waals surface area contributed by atoms with Crippen LogP contribution in [0, 0.1) is 6.92 Å². The Morgan fingerprint density at radius 2 is 2.14 bits per heavy atom. The molecule has 0 amide bonds. The van der Waals surface area contributed by atoms with Crippen LogP contribution in [-0.2, 0) is 13.1 Å². The van der Waals surface area contributed by atoms with E-state index in [0.717, 1.165) is 36.9 Å². The molecule has 1 saturated heterocycles. The molecule has 1 aliphatic heterocycles. The van der Waals surface area contributed by atoms with Crippen LogP contribution in [0.25, 0.3) is 0 Å². The molecular weight excluding hydrogens is 284 g/mol. The first-order valence-electron chi connectivity index (χ1n) is 8.22.